The Balaban J connectivity index is 2.43. The van der Waals surface area contributed by atoms with E-state index in [-0.39, 0.29) is 10.6 Å². The molecule has 2 rings (SSSR count). The highest BCUT2D eigenvalue weighted by Gasteiger charge is 2.30. The molecule has 0 radical (unpaired) electrons. The summed E-state index contributed by atoms with van der Waals surface area (Å²) >= 11 is 0. The van der Waals surface area contributed by atoms with Crippen molar-refractivity contribution < 1.29 is 19.5 Å². The molecule has 1 aliphatic rings. The topological polar surface area (TPSA) is 66.8 Å². The molecule has 1 aromatic rings. The number of benzene rings is 1. The van der Waals surface area contributed by atoms with Crippen molar-refractivity contribution in [3.8, 4) is 5.75 Å². The SMILES string of the molecule is COc1ccc(C2=CC(=O)N(O)C2=O)cc1C. The molecule has 1 aromatic carbocycles. The molecule has 1 aliphatic heterocycles. The molecular formula is C12H11NO4. The van der Waals surface area contributed by atoms with E-state index in [1.54, 1.807) is 25.3 Å². The molecule has 2 amide bonds. The first-order valence-corrected chi connectivity index (χ1v) is 4.98. The van der Waals surface area contributed by atoms with Crippen molar-refractivity contribution >= 4 is 17.4 Å². The van der Waals surface area contributed by atoms with Gasteiger partial charge in [0.05, 0.1) is 12.7 Å². The highest BCUT2D eigenvalue weighted by atomic mass is 16.5. The molecule has 1 heterocycles. The zero-order valence-corrected chi connectivity index (χ0v) is 9.43. The van der Waals surface area contributed by atoms with Gasteiger partial charge >= 0.3 is 0 Å². The third kappa shape index (κ3) is 1.81. The molecule has 5 heteroatoms. The maximum atomic E-state index is 11.5. The number of methoxy groups -OCH3 is 1. The smallest absolute Gasteiger partial charge is 0.285 e. The Kier molecular flexibility index (Phi) is 2.69. The van der Waals surface area contributed by atoms with Gasteiger partial charge in [0.1, 0.15) is 5.75 Å². The number of carbonyl (C=O) groups is 2. The summed E-state index contributed by atoms with van der Waals surface area (Å²) in [5.41, 5.74) is 1.61. The predicted octanol–water partition coefficient (Wildman–Crippen LogP) is 1.15. The standard InChI is InChI=1S/C12H11NO4/c1-7-5-8(3-4-10(7)17-2)9-6-11(14)13(16)12(9)15/h3-6,16H,1-2H3. The Hall–Kier alpha value is -2.14. The Morgan fingerprint density at radius 3 is 2.47 bits per heavy atom. The van der Waals surface area contributed by atoms with Gasteiger partial charge in [-0.3, -0.25) is 14.8 Å². The fraction of sp³-hybridized carbons (Fsp3) is 0.167. The minimum Gasteiger partial charge on any atom is -0.496 e. The number of aryl methyl sites for hydroxylation is 1. The number of rotatable bonds is 2. The lowest BCUT2D eigenvalue weighted by Crippen LogP contribution is -2.26. The summed E-state index contributed by atoms with van der Waals surface area (Å²) in [5, 5.41) is 9.23. The van der Waals surface area contributed by atoms with E-state index in [1.165, 1.54) is 0 Å². The molecule has 0 spiro atoms. The molecule has 0 unspecified atom stereocenters. The van der Waals surface area contributed by atoms with Crippen LogP contribution in [-0.2, 0) is 9.59 Å². The van der Waals surface area contributed by atoms with Gasteiger partial charge in [0, 0.05) is 6.08 Å². The maximum absolute atomic E-state index is 11.5. The van der Waals surface area contributed by atoms with Crippen LogP contribution < -0.4 is 4.74 Å². The van der Waals surface area contributed by atoms with Gasteiger partial charge in [-0.25, -0.2) is 0 Å². The van der Waals surface area contributed by atoms with Crippen molar-refractivity contribution in [3.05, 3.63) is 35.4 Å². The van der Waals surface area contributed by atoms with Gasteiger partial charge in [0.15, 0.2) is 0 Å². The minimum atomic E-state index is -0.724. The van der Waals surface area contributed by atoms with E-state index in [1.807, 2.05) is 6.92 Å². The minimum absolute atomic E-state index is 0.106. The second kappa shape index (κ2) is 4.03. The number of hydrogen-bond acceptors (Lipinski definition) is 4. The van der Waals surface area contributed by atoms with Gasteiger partial charge < -0.3 is 4.74 Å². The van der Waals surface area contributed by atoms with Crippen molar-refractivity contribution in [3.63, 3.8) is 0 Å². The molecule has 0 bridgehead atoms. The average molecular weight is 233 g/mol. The Labute approximate surface area is 97.9 Å². The van der Waals surface area contributed by atoms with Gasteiger partial charge in [-0.2, -0.15) is 0 Å². The van der Waals surface area contributed by atoms with Gasteiger partial charge in [-0.05, 0) is 30.2 Å². The third-order valence-electron chi connectivity index (χ3n) is 2.61. The van der Waals surface area contributed by atoms with Crippen LogP contribution in [0.2, 0.25) is 0 Å². The van der Waals surface area contributed by atoms with Crippen molar-refractivity contribution in [2.24, 2.45) is 0 Å². The van der Waals surface area contributed by atoms with E-state index in [4.69, 9.17) is 9.94 Å². The zero-order valence-electron chi connectivity index (χ0n) is 9.43. The molecule has 5 nitrogen and oxygen atoms in total. The second-order valence-electron chi connectivity index (χ2n) is 3.70. The lowest BCUT2D eigenvalue weighted by Gasteiger charge is -2.08. The largest absolute Gasteiger partial charge is 0.496 e. The van der Waals surface area contributed by atoms with Crippen LogP contribution in [0.4, 0.5) is 0 Å². The van der Waals surface area contributed by atoms with E-state index in [2.05, 4.69) is 0 Å². The summed E-state index contributed by atoms with van der Waals surface area (Å²) < 4.78 is 5.10. The summed E-state index contributed by atoms with van der Waals surface area (Å²) in [6.07, 6.45) is 1.11. The molecule has 1 N–H and O–H groups in total. The molecule has 17 heavy (non-hydrogen) atoms. The van der Waals surface area contributed by atoms with Gasteiger partial charge in [0.2, 0.25) is 0 Å². The van der Waals surface area contributed by atoms with Crippen LogP contribution in [0.15, 0.2) is 24.3 Å². The molecule has 88 valence electrons. The second-order valence-corrected chi connectivity index (χ2v) is 3.70. The molecule has 0 saturated heterocycles. The average Bonchev–Trinajstić information content (AvgIpc) is 2.57. The summed E-state index contributed by atoms with van der Waals surface area (Å²) in [5.74, 6) is -0.731. The zero-order chi connectivity index (χ0) is 12.6. The number of nitrogens with zero attached hydrogens (tertiary/aromatic N) is 1. The van der Waals surface area contributed by atoms with Crippen molar-refractivity contribution in [2.45, 2.75) is 6.92 Å². The van der Waals surface area contributed by atoms with E-state index in [0.717, 1.165) is 11.6 Å². The summed E-state index contributed by atoms with van der Waals surface area (Å²) in [4.78, 5) is 22.7. The number of carbonyl (C=O) groups excluding carboxylic acids is 2. The van der Waals surface area contributed by atoms with Crippen LogP contribution >= 0.6 is 0 Å². The Morgan fingerprint density at radius 1 is 1.29 bits per heavy atom. The fourth-order valence-corrected chi connectivity index (χ4v) is 1.71. The number of hydrogen-bond donors (Lipinski definition) is 1. The van der Waals surface area contributed by atoms with Crippen LogP contribution in [-0.4, -0.2) is 29.2 Å². The summed E-state index contributed by atoms with van der Waals surface area (Å²) in [6.45, 7) is 1.83. The lowest BCUT2D eigenvalue weighted by atomic mass is 10.0. The van der Waals surface area contributed by atoms with E-state index in [9.17, 15) is 9.59 Å². The van der Waals surface area contributed by atoms with Crippen LogP contribution in [0.3, 0.4) is 0 Å². The number of imide groups is 1. The van der Waals surface area contributed by atoms with Crippen LogP contribution in [0.1, 0.15) is 11.1 Å². The first-order chi connectivity index (χ1) is 8.04. The summed E-state index contributed by atoms with van der Waals surface area (Å²) in [7, 11) is 1.56. The molecule has 0 aliphatic carbocycles. The number of amides is 2. The molecular weight excluding hydrogens is 222 g/mol. The maximum Gasteiger partial charge on any atom is 0.285 e. The normalized spacial score (nSPS) is 15.2. The highest BCUT2D eigenvalue weighted by Crippen LogP contribution is 2.26. The summed E-state index contributed by atoms with van der Waals surface area (Å²) in [6, 6.07) is 5.11. The first-order valence-electron chi connectivity index (χ1n) is 4.98. The van der Waals surface area contributed by atoms with E-state index >= 15 is 0 Å². The Morgan fingerprint density at radius 2 is 2.00 bits per heavy atom. The highest BCUT2D eigenvalue weighted by molar-refractivity contribution is 6.32. The number of ether oxygens (including phenoxy) is 1. The molecule has 0 saturated carbocycles. The van der Waals surface area contributed by atoms with Gasteiger partial charge in [0.25, 0.3) is 11.8 Å². The fourth-order valence-electron chi connectivity index (χ4n) is 1.71. The van der Waals surface area contributed by atoms with Gasteiger partial charge in [-0.1, -0.05) is 6.07 Å². The van der Waals surface area contributed by atoms with E-state index in [0.29, 0.717) is 11.3 Å². The van der Waals surface area contributed by atoms with Crippen molar-refractivity contribution in [1.82, 2.24) is 5.06 Å². The van der Waals surface area contributed by atoms with Crippen molar-refractivity contribution in [1.29, 1.82) is 0 Å². The van der Waals surface area contributed by atoms with Crippen molar-refractivity contribution in [2.75, 3.05) is 7.11 Å². The molecule has 0 fully saturated rings. The first kappa shape index (κ1) is 11.3. The quantitative estimate of drug-likeness (QED) is 0.614. The van der Waals surface area contributed by atoms with Crippen LogP contribution in [0, 0.1) is 6.92 Å². The van der Waals surface area contributed by atoms with Crippen LogP contribution in [0.25, 0.3) is 5.57 Å². The predicted molar refractivity (Wildman–Crippen MR) is 59.3 cm³/mol. The lowest BCUT2D eigenvalue weighted by molar-refractivity contribution is -0.168. The third-order valence-corrected chi connectivity index (χ3v) is 2.61. The monoisotopic (exact) mass is 233 g/mol. The molecule has 0 atom stereocenters. The number of hydroxylamine groups is 2. The van der Waals surface area contributed by atoms with Gasteiger partial charge in [-0.15, -0.1) is 5.06 Å². The van der Waals surface area contributed by atoms with Crippen LogP contribution in [0.5, 0.6) is 5.75 Å². The Bertz CT molecular complexity index is 533. The van der Waals surface area contributed by atoms with E-state index < -0.39 is 11.8 Å². The molecule has 0 aromatic heterocycles.